The second-order valence-corrected chi connectivity index (χ2v) is 5.92. The lowest BCUT2D eigenvalue weighted by Crippen LogP contribution is -2.47. The monoisotopic (exact) mass is 256 g/mol. The van der Waals surface area contributed by atoms with E-state index in [-0.39, 0.29) is 0 Å². The van der Waals surface area contributed by atoms with Crippen LogP contribution in [0.25, 0.3) is 0 Å². The second kappa shape index (κ2) is 8.13. The Kier molecular flexibility index (Phi) is 7.20. The van der Waals surface area contributed by atoms with E-state index in [2.05, 4.69) is 45.1 Å². The molecule has 1 aliphatic rings. The third-order valence-electron chi connectivity index (χ3n) is 4.36. The van der Waals surface area contributed by atoms with Gasteiger partial charge < -0.3 is 15.0 Å². The van der Waals surface area contributed by atoms with Gasteiger partial charge in [-0.1, -0.05) is 26.7 Å². The molecular weight excluding hydrogens is 224 g/mol. The predicted molar refractivity (Wildman–Crippen MR) is 78.0 cm³/mol. The summed E-state index contributed by atoms with van der Waals surface area (Å²) < 4.78 is 5.60. The van der Waals surface area contributed by atoms with E-state index in [0.29, 0.717) is 18.2 Å². The standard InChI is InChI=1S/C15H32N2O/c1-6-13(7-2)15(17(4)5)11-16-14-8-9-18-12(3)10-14/h12-16H,6-11H2,1-5H3. The topological polar surface area (TPSA) is 24.5 Å². The number of nitrogens with one attached hydrogen (secondary N) is 1. The predicted octanol–water partition coefficient (Wildman–Crippen LogP) is 2.51. The summed E-state index contributed by atoms with van der Waals surface area (Å²) in [5.41, 5.74) is 0. The SMILES string of the molecule is CCC(CC)C(CNC1CCOC(C)C1)N(C)C. The van der Waals surface area contributed by atoms with Crippen LogP contribution in [0.5, 0.6) is 0 Å². The van der Waals surface area contributed by atoms with Crippen LogP contribution in [-0.2, 0) is 4.74 Å². The molecule has 0 bridgehead atoms. The van der Waals surface area contributed by atoms with Gasteiger partial charge in [-0.25, -0.2) is 0 Å². The molecule has 0 aromatic rings. The summed E-state index contributed by atoms with van der Waals surface area (Å²) in [5, 5.41) is 3.76. The molecule has 3 heteroatoms. The summed E-state index contributed by atoms with van der Waals surface area (Å²) in [6, 6.07) is 1.30. The van der Waals surface area contributed by atoms with Gasteiger partial charge in [0.25, 0.3) is 0 Å². The lowest BCUT2D eigenvalue weighted by atomic mass is 9.92. The highest BCUT2D eigenvalue weighted by molar-refractivity contribution is 4.81. The summed E-state index contributed by atoms with van der Waals surface area (Å²) in [7, 11) is 4.41. The average molecular weight is 256 g/mol. The summed E-state index contributed by atoms with van der Waals surface area (Å²) in [6.45, 7) is 8.81. The largest absolute Gasteiger partial charge is 0.378 e. The molecule has 3 unspecified atom stereocenters. The summed E-state index contributed by atoms with van der Waals surface area (Å²) in [4.78, 5) is 2.38. The first-order valence-corrected chi connectivity index (χ1v) is 7.59. The van der Waals surface area contributed by atoms with Crippen molar-refractivity contribution in [1.82, 2.24) is 10.2 Å². The number of likely N-dealkylation sites (N-methyl/N-ethyl adjacent to an activating group) is 1. The van der Waals surface area contributed by atoms with Crippen LogP contribution in [0.1, 0.15) is 46.5 Å². The molecule has 0 aromatic carbocycles. The van der Waals surface area contributed by atoms with Crippen LogP contribution >= 0.6 is 0 Å². The molecule has 0 aliphatic carbocycles. The minimum atomic E-state index is 0.419. The molecule has 1 rings (SSSR count). The van der Waals surface area contributed by atoms with E-state index in [1.54, 1.807) is 0 Å². The molecule has 1 fully saturated rings. The molecule has 18 heavy (non-hydrogen) atoms. The number of ether oxygens (including phenoxy) is 1. The highest BCUT2D eigenvalue weighted by Crippen LogP contribution is 2.18. The van der Waals surface area contributed by atoms with Crippen LogP contribution in [0, 0.1) is 5.92 Å². The Hall–Kier alpha value is -0.120. The van der Waals surface area contributed by atoms with Crippen molar-refractivity contribution in [2.45, 2.75) is 64.6 Å². The Morgan fingerprint density at radius 2 is 1.94 bits per heavy atom. The van der Waals surface area contributed by atoms with E-state index in [0.717, 1.165) is 31.9 Å². The third kappa shape index (κ3) is 4.87. The zero-order chi connectivity index (χ0) is 13.5. The van der Waals surface area contributed by atoms with Crippen molar-refractivity contribution in [3.8, 4) is 0 Å². The highest BCUT2D eigenvalue weighted by atomic mass is 16.5. The van der Waals surface area contributed by atoms with E-state index < -0.39 is 0 Å². The van der Waals surface area contributed by atoms with E-state index in [4.69, 9.17) is 4.74 Å². The second-order valence-electron chi connectivity index (χ2n) is 5.92. The Bertz CT molecular complexity index is 217. The van der Waals surface area contributed by atoms with Crippen LogP contribution in [0.3, 0.4) is 0 Å². The van der Waals surface area contributed by atoms with Crippen LogP contribution in [0.15, 0.2) is 0 Å². The first kappa shape index (κ1) is 15.9. The average Bonchev–Trinajstić information content (AvgIpc) is 2.34. The Morgan fingerprint density at radius 3 is 2.44 bits per heavy atom. The molecule has 0 spiro atoms. The molecule has 0 aromatic heterocycles. The van der Waals surface area contributed by atoms with Crippen molar-refractivity contribution in [3.63, 3.8) is 0 Å². The van der Waals surface area contributed by atoms with Gasteiger partial charge in [-0.2, -0.15) is 0 Å². The van der Waals surface area contributed by atoms with Crippen molar-refractivity contribution in [3.05, 3.63) is 0 Å². The van der Waals surface area contributed by atoms with Crippen LogP contribution in [0.4, 0.5) is 0 Å². The van der Waals surface area contributed by atoms with E-state index in [9.17, 15) is 0 Å². The summed E-state index contributed by atoms with van der Waals surface area (Å²) in [6.07, 6.45) is 5.27. The normalized spacial score (nSPS) is 26.8. The maximum atomic E-state index is 5.60. The minimum Gasteiger partial charge on any atom is -0.378 e. The van der Waals surface area contributed by atoms with Gasteiger partial charge in [0.15, 0.2) is 0 Å². The van der Waals surface area contributed by atoms with E-state index in [1.165, 1.54) is 12.8 Å². The molecule has 1 heterocycles. The molecular formula is C15H32N2O. The smallest absolute Gasteiger partial charge is 0.0561 e. The summed E-state index contributed by atoms with van der Waals surface area (Å²) >= 11 is 0. The van der Waals surface area contributed by atoms with Gasteiger partial charge in [0.2, 0.25) is 0 Å². The van der Waals surface area contributed by atoms with Gasteiger partial charge in [-0.05, 0) is 39.8 Å². The minimum absolute atomic E-state index is 0.419. The fourth-order valence-electron chi connectivity index (χ4n) is 3.07. The van der Waals surface area contributed by atoms with Crippen LogP contribution in [-0.4, -0.2) is 50.3 Å². The maximum Gasteiger partial charge on any atom is 0.0561 e. The number of hydrogen-bond acceptors (Lipinski definition) is 3. The van der Waals surface area contributed by atoms with Crippen molar-refractivity contribution in [1.29, 1.82) is 0 Å². The van der Waals surface area contributed by atoms with Gasteiger partial charge in [-0.3, -0.25) is 0 Å². The van der Waals surface area contributed by atoms with Crippen molar-refractivity contribution in [2.24, 2.45) is 5.92 Å². The molecule has 1 N–H and O–H groups in total. The highest BCUT2D eigenvalue weighted by Gasteiger charge is 2.24. The Labute approximate surface area is 113 Å². The van der Waals surface area contributed by atoms with Crippen LogP contribution < -0.4 is 5.32 Å². The molecule has 0 radical (unpaired) electrons. The van der Waals surface area contributed by atoms with E-state index >= 15 is 0 Å². The van der Waals surface area contributed by atoms with Gasteiger partial charge in [0.05, 0.1) is 6.10 Å². The lowest BCUT2D eigenvalue weighted by Gasteiger charge is -2.35. The molecule has 1 saturated heterocycles. The number of nitrogens with zero attached hydrogens (tertiary/aromatic N) is 1. The first-order chi connectivity index (χ1) is 8.58. The van der Waals surface area contributed by atoms with Gasteiger partial charge in [0, 0.05) is 25.2 Å². The van der Waals surface area contributed by atoms with Crippen molar-refractivity contribution >= 4 is 0 Å². The molecule has 1 aliphatic heterocycles. The molecule has 0 saturated carbocycles. The fraction of sp³-hybridized carbons (Fsp3) is 1.00. The molecule has 3 atom stereocenters. The zero-order valence-corrected chi connectivity index (χ0v) is 12.9. The quantitative estimate of drug-likeness (QED) is 0.757. The Balaban J connectivity index is 2.41. The molecule has 3 nitrogen and oxygen atoms in total. The lowest BCUT2D eigenvalue weighted by molar-refractivity contribution is 0.0116. The van der Waals surface area contributed by atoms with Crippen LogP contribution in [0.2, 0.25) is 0 Å². The van der Waals surface area contributed by atoms with Gasteiger partial charge >= 0.3 is 0 Å². The maximum absolute atomic E-state index is 5.60. The number of hydrogen-bond donors (Lipinski definition) is 1. The fourth-order valence-corrected chi connectivity index (χ4v) is 3.07. The summed E-state index contributed by atoms with van der Waals surface area (Å²) in [5.74, 6) is 0.796. The van der Waals surface area contributed by atoms with Gasteiger partial charge in [-0.15, -0.1) is 0 Å². The molecule has 108 valence electrons. The Morgan fingerprint density at radius 1 is 1.28 bits per heavy atom. The van der Waals surface area contributed by atoms with Crippen molar-refractivity contribution in [2.75, 3.05) is 27.2 Å². The van der Waals surface area contributed by atoms with E-state index in [1.807, 2.05) is 0 Å². The first-order valence-electron chi connectivity index (χ1n) is 7.59. The van der Waals surface area contributed by atoms with Gasteiger partial charge in [0.1, 0.15) is 0 Å². The van der Waals surface area contributed by atoms with Crippen molar-refractivity contribution < 1.29 is 4.74 Å². The number of rotatable bonds is 7. The zero-order valence-electron chi connectivity index (χ0n) is 12.9. The molecule has 0 amide bonds. The third-order valence-corrected chi connectivity index (χ3v) is 4.36.